The maximum absolute atomic E-state index is 12.3. The summed E-state index contributed by atoms with van der Waals surface area (Å²) >= 11 is 6.09. The number of carbonyl (C=O) groups is 1. The van der Waals surface area contributed by atoms with Crippen molar-refractivity contribution in [3.8, 4) is 0 Å². The fourth-order valence-electron chi connectivity index (χ4n) is 3.45. The average molecular weight is 260 g/mol. The molecule has 0 radical (unpaired) electrons. The third-order valence-electron chi connectivity index (χ3n) is 4.25. The van der Waals surface area contributed by atoms with Crippen LogP contribution in [0.4, 0.5) is 0 Å². The van der Waals surface area contributed by atoms with E-state index in [2.05, 4.69) is 0 Å². The van der Waals surface area contributed by atoms with Crippen molar-refractivity contribution in [3.05, 3.63) is 0 Å². The number of nitrogens with zero attached hydrogens (tertiary/aromatic N) is 1. The summed E-state index contributed by atoms with van der Waals surface area (Å²) in [5.41, 5.74) is 0. The lowest BCUT2D eigenvalue weighted by Crippen LogP contribution is -2.39. The summed E-state index contributed by atoms with van der Waals surface area (Å²) in [6, 6.07) is 0. The van der Waals surface area contributed by atoms with Crippen LogP contribution in [0.15, 0.2) is 0 Å². The van der Waals surface area contributed by atoms with Crippen molar-refractivity contribution in [2.75, 3.05) is 27.3 Å². The van der Waals surface area contributed by atoms with Crippen LogP contribution in [-0.4, -0.2) is 43.5 Å². The molecule has 4 unspecified atom stereocenters. The van der Waals surface area contributed by atoms with Crippen molar-refractivity contribution in [1.29, 1.82) is 0 Å². The first-order chi connectivity index (χ1) is 8.11. The van der Waals surface area contributed by atoms with E-state index in [4.69, 9.17) is 16.3 Å². The second-order valence-corrected chi connectivity index (χ2v) is 6.17. The Labute approximate surface area is 108 Å². The second kappa shape index (κ2) is 5.57. The molecule has 0 aromatic carbocycles. The van der Waals surface area contributed by atoms with Crippen molar-refractivity contribution < 1.29 is 9.53 Å². The Hall–Kier alpha value is -0.280. The van der Waals surface area contributed by atoms with Gasteiger partial charge >= 0.3 is 0 Å². The third kappa shape index (κ3) is 2.94. The van der Waals surface area contributed by atoms with E-state index in [0.717, 1.165) is 12.3 Å². The fourth-order valence-corrected chi connectivity index (χ4v) is 3.78. The van der Waals surface area contributed by atoms with E-state index in [-0.39, 0.29) is 11.3 Å². The Bertz CT molecular complexity index is 285. The molecule has 2 aliphatic rings. The number of ether oxygens (including phenoxy) is 1. The van der Waals surface area contributed by atoms with Crippen molar-refractivity contribution in [3.63, 3.8) is 0 Å². The Morgan fingerprint density at radius 2 is 2.24 bits per heavy atom. The van der Waals surface area contributed by atoms with Gasteiger partial charge in [0.05, 0.1) is 12.0 Å². The average Bonchev–Trinajstić information content (AvgIpc) is 2.89. The van der Waals surface area contributed by atoms with Crippen LogP contribution >= 0.6 is 11.6 Å². The molecular formula is C13H22ClNO2. The maximum atomic E-state index is 12.3. The zero-order valence-corrected chi connectivity index (χ0v) is 11.4. The minimum absolute atomic E-state index is 0.104. The normalized spacial score (nSPS) is 32.8. The molecule has 0 aromatic heterocycles. The minimum atomic E-state index is -0.104. The van der Waals surface area contributed by atoms with Crippen molar-refractivity contribution >= 4 is 17.5 Å². The lowest BCUT2D eigenvalue weighted by Gasteiger charge is -2.27. The number of methoxy groups -OCH3 is 1. The molecular weight excluding hydrogens is 238 g/mol. The first kappa shape index (κ1) is 13.2. The zero-order chi connectivity index (χ0) is 12.4. The molecule has 0 spiro atoms. The number of halogens is 1. The lowest BCUT2D eigenvalue weighted by atomic mass is 9.88. The SMILES string of the molecule is COCC(Cl)CN(C)C(=O)C1CC2CCC1C2. The predicted octanol–water partition coefficient (Wildman–Crippen LogP) is 2.13. The molecule has 98 valence electrons. The molecule has 1 amide bonds. The summed E-state index contributed by atoms with van der Waals surface area (Å²) < 4.78 is 4.99. The molecule has 0 aromatic rings. The minimum Gasteiger partial charge on any atom is -0.383 e. The number of alkyl halides is 1. The van der Waals surface area contributed by atoms with Crippen LogP contribution in [0.3, 0.4) is 0 Å². The van der Waals surface area contributed by atoms with Gasteiger partial charge in [-0.25, -0.2) is 0 Å². The number of hydrogen-bond acceptors (Lipinski definition) is 2. The van der Waals surface area contributed by atoms with E-state index in [1.54, 1.807) is 12.0 Å². The highest BCUT2D eigenvalue weighted by Gasteiger charge is 2.43. The molecule has 0 heterocycles. The Morgan fingerprint density at radius 1 is 1.47 bits per heavy atom. The van der Waals surface area contributed by atoms with Gasteiger partial charge in [0.1, 0.15) is 0 Å². The molecule has 0 saturated heterocycles. The van der Waals surface area contributed by atoms with E-state index in [1.165, 1.54) is 19.3 Å². The lowest BCUT2D eigenvalue weighted by molar-refractivity contribution is -0.135. The molecule has 2 fully saturated rings. The number of hydrogen-bond donors (Lipinski definition) is 0. The Balaban J connectivity index is 1.83. The van der Waals surface area contributed by atoms with Crippen LogP contribution in [0.25, 0.3) is 0 Å². The molecule has 2 bridgehead atoms. The van der Waals surface area contributed by atoms with E-state index in [1.807, 2.05) is 7.05 Å². The molecule has 0 aliphatic heterocycles. The summed E-state index contributed by atoms with van der Waals surface area (Å²) in [6.45, 7) is 1.08. The van der Waals surface area contributed by atoms with Crippen LogP contribution in [0.1, 0.15) is 25.7 Å². The first-order valence-electron chi connectivity index (χ1n) is 6.49. The largest absolute Gasteiger partial charge is 0.383 e. The maximum Gasteiger partial charge on any atom is 0.225 e. The van der Waals surface area contributed by atoms with Gasteiger partial charge in [-0.05, 0) is 31.1 Å². The van der Waals surface area contributed by atoms with Gasteiger partial charge in [-0.1, -0.05) is 6.42 Å². The van der Waals surface area contributed by atoms with Crippen molar-refractivity contribution in [2.24, 2.45) is 17.8 Å². The van der Waals surface area contributed by atoms with Crippen LogP contribution in [0.5, 0.6) is 0 Å². The molecule has 2 saturated carbocycles. The van der Waals surface area contributed by atoms with Crippen molar-refractivity contribution in [1.82, 2.24) is 4.90 Å². The summed E-state index contributed by atoms with van der Waals surface area (Å²) in [7, 11) is 3.49. The standard InChI is InChI=1S/C13H22ClNO2/c1-15(7-11(14)8-17-2)13(16)12-6-9-3-4-10(12)5-9/h9-12H,3-8H2,1-2H3. The Morgan fingerprint density at radius 3 is 2.76 bits per heavy atom. The zero-order valence-electron chi connectivity index (χ0n) is 10.7. The van der Waals surface area contributed by atoms with Crippen LogP contribution in [0, 0.1) is 17.8 Å². The van der Waals surface area contributed by atoms with Gasteiger partial charge in [0.25, 0.3) is 0 Å². The predicted molar refractivity (Wildman–Crippen MR) is 68.1 cm³/mol. The topological polar surface area (TPSA) is 29.5 Å². The number of carbonyl (C=O) groups excluding carboxylic acids is 1. The number of fused-ring (bicyclic) bond motifs is 2. The first-order valence-corrected chi connectivity index (χ1v) is 6.93. The molecule has 17 heavy (non-hydrogen) atoms. The monoisotopic (exact) mass is 259 g/mol. The highest BCUT2D eigenvalue weighted by molar-refractivity contribution is 6.21. The molecule has 3 nitrogen and oxygen atoms in total. The van der Waals surface area contributed by atoms with E-state index in [9.17, 15) is 4.79 Å². The van der Waals surface area contributed by atoms with Gasteiger partial charge < -0.3 is 9.64 Å². The second-order valence-electron chi connectivity index (χ2n) is 5.55. The summed E-state index contributed by atoms with van der Waals surface area (Å²) in [6.07, 6.45) is 4.95. The van der Waals surface area contributed by atoms with Gasteiger partial charge in [0, 0.05) is 26.6 Å². The van der Waals surface area contributed by atoms with Gasteiger partial charge in [-0.2, -0.15) is 0 Å². The van der Waals surface area contributed by atoms with E-state index in [0.29, 0.717) is 25.0 Å². The van der Waals surface area contributed by atoms with Gasteiger partial charge in [0.15, 0.2) is 0 Å². The highest BCUT2D eigenvalue weighted by Crippen LogP contribution is 2.48. The Kier molecular flexibility index (Phi) is 4.31. The quantitative estimate of drug-likeness (QED) is 0.708. The smallest absolute Gasteiger partial charge is 0.225 e. The molecule has 4 atom stereocenters. The van der Waals surface area contributed by atoms with E-state index < -0.39 is 0 Å². The molecule has 4 heteroatoms. The number of rotatable bonds is 5. The van der Waals surface area contributed by atoms with Gasteiger partial charge in [-0.3, -0.25) is 4.79 Å². The van der Waals surface area contributed by atoms with Crippen molar-refractivity contribution in [2.45, 2.75) is 31.1 Å². The molecule has 2 aliphatic carbocycles. The third-order valence-corrected chi connectivity index (χ3v) is 4.51. The summed E-state index contributed by atoms with van der Waals surface area (Å²) in [5.74, 6) is 2.02. The van der Waals surface area contributed by atoms with Gasteiger partial charge in [-0.15, -0.1) is 11.6 Å². The summed E-state index contributed by atoms with van der Waals surface area (Å²) in [4.78, 5) is 14.1. The van der Waals surface area contributed by atoms with Crippen LogP contribution in [-0.2, 0) is 9.53 Å². The van der Waals surface area contributed by atoms with Crippen LogP contribution in [0.2, 0.25) is 0 Å². The molecule has 2 rings (SSSR count). The number of amides is 1. The summed E-state index contributed by atoms with van der Waals surface area (Å²) in [5, 5.41) is -0.104. The van der Waals surface area contributed by atoms with Crippen LogP contribution < -0.4 is 0 Å². The van der Waals surface area contributed by atoms with Gasteiger partial charge in [0.2, 0.25) is 5.91 Å². The fraction of sp³-hybridized carbons (Fsp3) is 0.923. The van der Waals surface area contributed by atoms with E-state index >= 15 is 0 Å². The highest BCUT2D eigenvalue weighted by atomic mass is 35.5. The molecule has 0 N–H and O–H groups in total.